The zero-order valence-corrected chi connectivity index (χ0v) is 12.4. The van der Waals surface area contributed by atoms with Crippen molar-refractivity contribution in [2.75, 3.05) is 25.6 Å². The predicted octanol–water partition coefficient (Wildman–Crippen LogP) is 3.29. The highest BCUT2D eigenvalue weighted by atomic mass is 32.1. The van der Waals surface area contributed by atoms with Crippen molar-refractivity contribution < 1.29 is 14.4 Å². The van der Waals surface area contributed by atoms with Gasteiger partial charge in [0.05, 0.1) is 11.5 Å². The van der Waals surface area contributed by atoms with E-state index in [1.54, 1.807) is 13.2 Å². The third-order valence-electron chi connectivity index (χ3n) is 2.68. The Hall–Kier alpha value is -2.12. The zero-order chi connectivity index (χ0) is 15.1. The Morgan fingerprint density at radius 1 is 1.29 bits per heavy atom. The zero-order valence-electron chi connectivity index (χ0n) is 11.6. The molecule has 1 aromatic heterocycles. The fourth-order valence-electron chi connectivity index (χ4n) is 1.69. The second-order valence-corrected chi connectivity index (χ2v) is 5.37. The number of nitrogens with one attached hydrogen (secondary N) is 1. The number of nitrogens with zero attached hydrogens (tertiary/aromatic N) is 1. The van der Waals surface area contributed by atoms with E-state index in [4.69, 9.17) is 9.47 Å². The van der Waals surface area contributed by atoms with Gasteiger partial charge < -0.3 is 14.8 Å². The lowest BCUT2D eigenvalue weighted by atomic mass is 10.3. The van der Waals surface area contributed by atoms with Gasteiger partial charge in [0.15, 0.2) is 0 Å². The maximum atomic E-state index is 10.6. The van der Waals surface area contributed by atoms with Crippen LogP contribution in [0.1, 0.15) is 4.88 Å². The van der Waals surface area contributed by atoms with E-state index >= 15 is 0 Å². The molecule has 112 valence electrons. The summed E-state index contributed by atoms with van der Waals surface area (Å²) < 4.78 is 10.4. The largest absolute Gasteiger partial charge is 0.491 e. The number of rotatable bonds is 8. The van der Waals surface area contributed by atoms with E-state index in [1.807, 2.05) is 24.3 Å². The van der Waals surface area contributed by atoms with Crippen LogP contribution in [0.4, 0.5) is 10.7 Å². The van der Waals surface area contributed by atoms with Crippen LogP contribution in [-0.4, -0.2) is 25.2 Å². The molecule has 0 aliphatic heterocycles. The number of hydrogen-bond donors (Lipinski definition) is 1. The molecule has 2 rings (SSSR count). The lowest BCUT2D eigenvalue weighted by Gasteiger charge is -2.09. The third-order valence-corrected chi connectivity index (χ3v) is 3.72. The summed E-state index contributed by atoms with van der Waals surface area (Å²) in [6, 6.07) is 10.8. The fourth-order valence-corrected chi connectivity index (χ4v) is 2.45. The van der Waals surface area contributed by atoms with Crippen molar-refractivity contribution in [3.8, 4) is 5.75 Å². The molecule has 0 unspecified atom stereocenters. The van der Waals surface area contributed by atoms with E-state index in [0.717, 1.165) is 16.3 Å². The molecule has 1 heterocycles. The monoisotopic (exact) mass is 308 g/mol. The van der Waals surface area contributed by atoms with Gasteiger partial charge in [-0.2, -0.15) is 0 Å². The highest BCUT2D eigenvalue weighted by molar-refractivity contribution is 7.15. The number of benzene rings is 1. The Bertz CT molecular complexity index is 600. The Balaban J connectivity index is 1.90. The number of ether oxygens (including phenoxy) is 2. The molecule has 0 bridgehead atoms. The topological polar surface area (TPSA) is 73.6 Å². The van der Waals surface area contributed by atoms with E-state index < -0.39 is 0 Å². The minimum Gasteiger partial charge on any atom is -0.491 e. The molecule has 1 N–H and O–H groups in total. The van der Waals surface area contributed by atoms with Crippen molar-refractivity contribution >= 4 is 22.0 Å². The maximum absolute atomic E-state index is 10.6. The van der Waals surface area contributed by atoms with Crippen LogP contribution in [0.25, 0.3) is 0 Å². The summed E-state index contributed by atoms with van der Waals surface area (Å²) in [5.74, 6) is 0.759. The molecule has 7 heteroatoms. The second kappa shape index (κ2) is 7.61. The number of methoxy groups -OCH3 is 1. The van der Waals surface area contributed by atoms with Crippen LogP contribution in [0, 0.1) is 10.1 Å². The second-order valence-electron chi connectivity index (χ2n) is 4.22. The van der Waals surface area contributed by atoms with Gasteiger partial charge in [-0.25, -0.2) is 0 Å². The lowest BCUT2D eigenvalue weighted by molar-refractivity contribution is -0.380. The van der Waals surface area contributed by atoms with Crippen LogP contribution in [0.15, 0.2) is 36.4 Å². The van der Waals surface area contributed by atoms with Crippen molar-refractivity contribution in [1.29, 1.82) is 0 Å². The predicted molar refractivity (Wildman–Crippen MR) is 82.1 cm³/mol. The van der Waals surface area contributed by atoms with Crippen molar-refractivity contribution in [2.24, 2.45) is 0 Å². The summed E-state index contributed by atoms with van der Waals surface area (Å²) in [6.45, 7) is 1.58. The van der Waals surface area contributed by atoms with Gasteiger partial charge in [-0.1, -0.05) is 17.4 Å². The molecule has 0 saturated heterocycles. The Kier molecular flexibility index (Phi) is 5.53. The van der Waals surface area contributed by atoms with E-state index in [1.165, 1.54) is 17.4 Å². The van der Waals surface area contributed by atoms with Crippen LogP contribution in [0.5, 0.6) is 5.75 Å². The number of anilines is 1. The molecule has 0 amide bonds. The summed E-state index contributed by atoms with van der Waals surface area (Å²) in [4.78, 5) is 11.2. The molecule has 0 atom stereocenters. The summed E-state index contributed by atoms with van der Waals surface area (Å²) in [5, 5.41) is 14.0. The van der Waals surface area contributed by atoms with Crippen LogP contribution in [-0.2, 0) is 11.3 Å². The van der Waals surface area contributed by atoms with Gasteiger partial charge in [0.2, 0.25) is 0 Å². The normalized spacial score (nSPS) is 10.3. The molecule has 0 fully saturated rings. The van der Waals surface area contributed by atoms with Crippen LogP contribution in [0.2, 0.25) is 0 Å². The summed E-state index contributed by atoms with van der Waals surface area (Å²) in [6.07, 6.45) is 0. The molecular weight excluding hydrogens is 292 g/mol. The van der Waals surface area contributed by atoms with Gasteiger partial charge in [-0.3, -0.25) is 10.1 Å². The van der Waals surface area contributed by atoms with E-state index in [2.05, 4.69) is 5.32 Å². The summed E-state index contributed by atoms with van der Waals surface area (Å²) in [5.41, 5.74) is 0.904. The fraction of sp³-hybridized carbons (Fsp3) is 0.286. The standard InChI is InChI=1S/C14H16N2O4S/c1-19-7-8-20-12-4-2-3-11(9-12)15-10-13-5-6-14(21-13)16(17)18/h2-6,9,15H,7-8,10H2,1H3. The van der Waals surface area contributed by atoms with Crippen molar-refractivity contribution in [1.82, 2.24) is 0 Å². The molecule has 21 heavy (non-hydrogen) atoms. The average molecular weight is 308 g/mol. The molecular formula is C14H16N2O4S. The first-order chi connectivity index (χ1) is 10.2. The third kappa shape index (κ3) is 4.73. The van der Waals surface area contributed by atoms with E-state index in [9.17, 15) is 10.1 Å². The summed E-state index contributed by atoms with van der Waals surface area (Å²) >= 11 is 1.17. The van der Waals surface area contributed by atoms with Crippen LogP contribution >= 0.6 is 11.3 Å². The highest BCUT2D eigenvalue weighted by Crippen LogP contribution is 2.25. The Morgan fingerprint density at radius 2 is 2.14 bits per heavy atom. The van der Waals surface area contributed by atoms with Gasteiger partial charge in [0, 0.05) is 36.4 Å². The highest BCUT2D eigenvalue weighted by Gasteiger charge is 2.09. The molecule has 0 radical (unpaired) electrons. The molecule has 0 aliphatic carbocycles. The van der Waals surface area contributed by atoms with Gasteiger partial charge in [-0.05, 0) is 18.2 Å². The van der Waals surface area contributed by atoms with Crippen LogP contribution < -0.4 is 10.1 Å². The number of hydrogen-bond acceptors (Lipinski definition) is 6. The molecule has 0 saturated carbocycles. The first-order valence-electron chi connectivity index (χ1n) is 6.38. The first kappa shape index (κ1) is 15.3. The van der Waals surface area contributed by atoms with Gasteiger partial charge in [0.25, 0.3) is 0 Å². The van der Waals surface area contributed by atoms with Gasteiger partial charge in [0.1, 0.15) is 12.4 Å². The molecule has 0 spiro atoms. The Labute approximate surface area is 126 Å². The number of thiophene rings is 1. The first-order valence-corrected chi connectivity index (χ1v) is 7.19. The average Bonchev–Trinajstić information content (AvgIpc) is 2.95. The van der Waals surface area contributed by atoms with Gasteiger partial charge >= 0.3 is 5.00 Å². The minimum absolute atomic E-state index is 0.156. The Morgan fingerprint density at radius 3 is 2.86 bits per heavy atom. The smallest absolute Gasteiger partial charge is 0.324 e. The van der Waals surface area contributed by atoms with Crippen LogP contribution in [0.3, 0.4) is 0 Å². The number of nitro groups is 1. The molecule has 6 nitrogen and oxygen atoms in total. The lowest BCUT2D eigenvalue weighted by Crippen LogP contribution is -2.04. The molecule has 0 aliphatic rings. The van der Waals surface area contributed by atoms with Crippen molar-refractivity contribution in [3.05, 3.63) is 51.4 Å². The molecule has 2 aromatic rings. The quantitative estimate of drug-likeness (QED) is 0.460. The van der Waals surface area contributed by atoms with Crippen molar-refractivity contribution in [2.45, 2.75) is 6.54 Å². The molecule has 1 aromatic carbocycles. The minimum atomic E-state index is -0.377. The maximum Gasteiger partial charge on any atom is 0.324 e. The summed E-state index contributed by atoms with van der Waals surface area (Å²) in [7, 11) is 1.63. The van der Waals surface area contributed by atoms with Gasteiger partial charge in [-0.15, -0.1) is 0 Å². The van der Waals surface area contributed by atoms with Crippen molar-refractivity contribution in [3.63, 3.8) is 0 Å². The SMILES string of the molecule is COCCOc1cccc(NCc2ccc([N+](=O)[O-])s2)c1. The van der Waals surface area contributed by atoms with E-state index in [0.29, 0.717) is 19.8 Å². The van der Waals surface area contributed by atoms with E-state index in [-0.39, 0.29) is 9.92 Å².